The van der Waals surface area contributed by atoms with Crippen molar-refractivity contribution < 1.29 is 19.1 Å². The molecule has 1 saturated carbocycles. The SMILES string of the molecule is C[C@H]1[C@@H](NC(=O)COC(=O)COc2cccc(Br)c2)CCC[C@@H]1C. The minimum absolute atomic E-state index is 0.165. The zero-order valence-corrected chi connectivity index (χ0v) is 15.7. The zero-order valence-electron chi connectivity index (χ0n) is 14.1. The Labute approximate surface area is 151 Å². The molecule has 0 spiro atoms. The third kappa shape index (κ3) is 5.82. The van der Waals surface area contributed by atoms with E-state index in [0.29, 0.717) is 17.6 Å². The molecule has 6 heteroatoms. The van der Waals surface area contributed by atoms with Crippen LogP contribution in [0.25, 0.3) is 0 Å². The van der Waals surface area contributed by atoms with Gasteiger partial charge >= 0.3 is 5.97 Å². The van der Waals surface area contributed by atoms with E-state index in [-0.39, 0.29) is 25.2 Å². The quantitative estimate of drug-likeness (QED) is 0.747. The number of amides is 1. The molecule has 0 unspecified atom stereocenters. The first-order valence-electron chi connectivity index (χ1n) is 8.29. The summed E-state index contributed by atoms with van der Waals surface area (Å²) in [5, 5.41) is 2.97. The van der Waals surface area contributed by atoms with Crippen LogP contribution in [0, 0.1) is 11.8 Å². The number of rotatable bonds is 6. The van der Waals surface area contributed by atoms with Gasteiger partial charge in [-0.15, -0.1) is 0 Å². The maximum Gasteiger partial charge on any atom is 0.344 e. The summed E-state index contributed by atoms with van der Waals surface area (Å²) in [4.78, 5) is 23.6. The summed E-state index contributed by atoms with van der Waals surface area (Å²) in [5.41, 5.74) is 0. The van der Waals surface area contributed by atoms with E-state index in [1.54, 1.807) is 12.1 Å². The standard InChI is InChI=1S/C18H24BrNO4/c1-12-5-3-8-16(13(12)2)20-17(21)10-24-18(22)11-23-15-7-4-6-14(19)9-15/h4,6-7,9,12-13,16H,3,5,8,10-11H2,1-2H3,(H,20,21)/t12-,13+,16-/m0/s1. The highest BCUT2D eigenvalue weighted by atomic mass is 79.9. The van der Waals surface area contributed by atoms with Gasteiger partial charge in [-0.2, -0.15) is 0 Å². The lowest BCUT2D eigenvalue weighted by Crippen LogP contribution is -2.45. The Kier molecular flexibility index (Phi) is 7.09. The van der Waals surface area contributed by atoms with E-state index in [9.17, 15) is 9.59 Å². The van der Waals surface area contributed by atoms with Crippen LogP contribution in [0.5, 0.6) is 5.75 Å². The molecule has 0 heterocycles. The first kappa shape index (κ1) is 18.8. The molecular weight excluding hydrogens is 374 g/mol. The average Bonchev–Trinajstić information content (AvgIpc) is 2.55. The van der Waals surface area contributed by atoms with Crippen molar-refractivity contribution in [1.29, 1.82) is 0 Å². The largest absolute Gasteiger partial charge is 0.482 e. The predicted octanol–water partition coefficient (Wildman–Crippen LogP) is 3.31. The molecule has 0 radical (unpaired) electrons. The van der Waals surface area contributed by atoms with Gasteiger partial charge in [0.15, 0.2) is 13.2 Å². The van der Waals surface area contributed by atoms with Crippen molar-refractivity contribution in [3.05, 3.63) is 28.7 Å². The molecule has 24 heavy (non-hydrogen) atoms. The summed E-state index contributed by atoms with van der Waals surface area (Å²) in [6, 6.07) is 7.34. The minimum Gasteiger partial charge on any atom is -0.482 e. The van der Waals surface area contributed by atoms with Crippen molar-refractivity contribution in [1.82, 2.24) is 5.32 Å². The van der Waals surface area contributed by atoms with Crippen LogP contribution in [-0.2, 0) is 14.3 Å². The van der Waals surface area contributed by atoms with Crippen LogP contribution in [0.4, 0.5) is 0 Å². The fraction of sp³-hybridized carbons (Fsp3) is 0.556. The van der Waals surface area contributed by atoms with Crippen LogP contribution in [0.1, 0.15) is 33.1 Å². The highest BCUT2D eigenvalue weighted by Crippen LogP contribution is 2.29. The fourth-order valence-electron chi connectivity index (χ4n) is 2.92. The summed E-state index contributed by atoms with van der Waals surface area (Å²) in [6.07, 6.45) is 3.31. The van der Waals surface area contributed by atoms with Gasteiger partial charge in [0.2, 0.25) is 0 Å². The maximum absolute atomic E-state index is 12.0. The van der Waals surface area contributed by atoms with E-state index >= 15 is 0 Å². The number of hydrogen-bond donors (Lipinski definition) is 1. The first-order chi connectivity index (χ1) is 11.5. The highest BCUT2D eigenvalue weighted by Gasteiger charge is 2.28. The maximum atomic E-state index is 12.0. The number of benzene rings is 1. The zero-order chi connectivity index (χ0) is 17.5. The molecule has 1 aliphatic carbocycles. The van der Waals surface area contributed by atoms with E-state index in [1.165, 1.54) is 6.42 Å². The molecule has 0 bridgehead atoms. The van der Waals surface area contributed by atoms with Crippen molar-refractivity contribution in [2.75, 3.05) is 13.2 Å². The number of esters is 1. The Morgan fingerprint density at radius 3 is 2.79 bits per heavy atom. The lowest BCUT2D eigenvalue weighted by atomic mass is 9.78. The van der Waals surface area contributed by atoms with E-state index in [2.05, 4.69) is 35.1 Å². The number of ether oxygens (including phenoxy) is 2. The number of nitrogens with one attached hydrogen (secondary N) is 1. The fourth-order valence-corrected chi connectivity index (χ4v) is 3.30. The van der Waals surface area contributed by atoms with Crippen LogP contribution in [0.15, 0.2) is 28.7 Å². The second-order valence-electron chi connectivity index (χ2n) is 6.35. The Balaban J connectivity index is 1.68. The van der Waals surface area contributed by atoms with Crippen LogP contribution in [0.2, 0.25) is 0 Å². The van der Waals surface area contributed by atoms with Crippen molar-refractivity contribution in [2.45, 2.75) is 39.2 Å². The summed E-state index contributed by atoms with van der Waals surface area (Å²) >= 11 is 3.33. The molecule has 1 amide bonds. The van der Waals surface area contributed by atoms with Gasteiger partial charge in [0.05, 0.1) is 0 Å². The summed E-state index contributed by atoms with van der Waals surface area (Å²) < 4.78 is 11.2. The van der Waals surface area contributed by atoms with Gasteiger partial charge in [-0.25, -0.2) is 4.79 Å². The molecule has 1 aromatic rings. The molecule has 0 aliphatic heterocycles. The summed E-state index contributed by atoms with van der Waals surface area (Å²) in [5.74, 6) is 0.797. The monoisotopic (exact) mass is 397 g/mol. The minimum atomic E-state index is -0.560. The van der Waals surface area contributed by atoms with Crippen LogP contribution >= 0.6 is 15.9 Å². The first-order valence-corrected chi connectivity index (χ1v) is 9.08. The van der Waals surface area contributed by atoms with Crippen LogP contribution in [0.3, 0.4) is 0 Å². The van der Waals surface area contributed by atoms with E-state index in [0.717, 1.165) is 17.3 Å². The van der Waals surface area contributed by atoms with Gasteiger partial charge in [-0.1, -0.05) is 48.7 Å². The molecule has 0 saturated heterocycles. The lowest BCUT2D eigenvalue weighted by Gasteiger charge is -2.34. The highest BCUT2D eigenvalue weighted by molar-refractivity contribution is 9.10. The van der Waals surface area contributed by atoms with Gasteiger partial charge < -0.3 is 14.8 Å². The van der Waals surface area contributed by atoms with E-state index in [1.807, 2.05) is 12.1 Å². The second-order valence-corrected chi connectivity index (χ2v) is 7.26. The van der Waals surface area contributed by atoms with Gasteiger partial charge in [0.1, 0.15) is 5.75 Å². The molecule has 0 aromatic heterocycles. The molecule has 132 valence electrons. The summed E-state index contributed by atoms with van der Waals surface area (Å²) in [6.45, 7) is 3.88. The van der Waals surface area contributed by atoms with Crippen LogP contribution < -0.4 is 10.1 Å². The molecule has 1 N–H and O–H groups in total. The average molecular weight is 398 g/mol. The van der Waals surface area contributed by atoms with Crippen molar-refractivity contribution in [3.8, 4) is 5.75 Å². The van der Waals surface area contributed by atoms with Gasteiger partial charge in [-0.3, -0.25) is 4.79 Å². The molecule has 2 rings (SSSR count). The van der Waals surface area contributed by atoms with Crippen molar-refractivity contribution >= 4 is 27.8 Å². The lowest BCUT2D eigenvalue weighted by molar-refractivity contribution is -0.150. The van der Waals surface area contributed by atoms with Crippen molar-refractivity contribution in [2.24, 2.45) is 11.8 Å². The second kappa shape index (κ2) is 9.06. The van der Waals surface area contributed by atoms with Gasteiger partial charge in [-0.05, 0) is 36.5 Å². The Morgan fingerprint density at radius 2 is 2.04 bits per heavy atom. The predicted molar refractivity (Wildman–Crippen MR) is 94.7 cm³/mol. The number of carbonyl (C=O) groups is 2. The third-order valence-electron chi connectivity index (χ3n) is 4.57. The smallest absolute Gasteiger partial charge is 0.344 e. The van der Waals surface area contributed by atoms with E-state index < -0.39 is 5.97 Å². The van der Waals surface area contributed by atoms with E-state index in [4.69, 9.17) is 9.47 Å². The van der Waals surface area contributed by atoms with Gasteiger partial charge in [0, 0.05) is 10.5 Å². The number of hydrogen-bond acceptors (Lipinski definition) is 4. The normalized spacial score (nSPS) is 23.4. The summed E-state index contributed by atoms with van der Waals surface area (Å²) in [7, 11) is 0. The molecule has 5 nitrogen and oxygen atoms in total. The van der Waals surface area contributed by atoms with Gasteiger partial charge in [0.25, 0.3) is 5.91 Å². The molecule has 1 aliphatic rings. The van der Waals surface area contributed by atoms with Crippen molar-refractivity contribution in [3.63, 3.8) is 0 Å². The topological polar surface area (TPSA) is 64.6 Å². The molecule has 1 fully saturated rings. The number of carbonyl (C=O) groups excluding carboxylic acids is 2. The molecule has 1 aromatic carbocycles. The van der Waals surface area contributed by atoms with Crippen LogP contribution in [-0.4, -0.2) is 31.1 Å². The molecule has 3 atom stereocenters. The Morgan fingerprint density at radius 1 is 1.25 bits per heavy atom. The number of halogens is 1. The molecular formula is C18H24BrNO4. The Hall–Kier alpha value is -1.56. The third-order valence-corrected chi connectivity index (χ3v) is 5.06. The Bertz CT molecular complexity index is 578.